The monoisotopic (exact) mass is 296 g/mol. The van der Waals surface area contributed by atoms with Crippen LogP contribution in [0.2, 0.25) is 5.02 Å². The summed E-state index contributed by atoms with van der Waals surface area (Å²) in [7, 11) is 1.92. The van der Waals surface area contributed by atoms with Crippen LogP contribution >= 0.6 is 11.6 Å². The van der Waals surface area contributed by atoms with Gasteiger partial charge in [0, 0.05) is 16.2 Å². The van der Waals surface area contributed by atoms with Crippen LogP contribution in [0, 0.1) is 0 Å². The average molecular weight is 297 g/mol. The van der Waals surface area contributed by atoms with Crippen LogP contribution in [0.25, 0.3) is 0 Å². The van der Waals surface area contributed by atoms with Crippen LogP contribution in [0.5, 0.6) is 0 Å². The van der Waals surface area contributed by atoms with Crippen molar-refractivity contribution < 1.29 is 9.53 Å². The Kier molecular flexibility index (Phi) is 3.98. The third-order valence-corrected chi connectivity index (χ3v) is 3.60. The lowest BCUT2D eigenvalue weighted by molar-refractivity contribution is 0.0635. The lowest BCUT2D eigenvalue weighted by atomic mass is 10.0. The Bertz CT molecular complexity index is 519. The summed E-state index contributed by atoms with van der Waals surface area (Å²) < 4.78 is 5.29. The standard InChI is InChI=1S/C15H21ClN2O2/c1-14(2,3)20-13(19)18-12-6-5-10(16)9-11(12)15(17-4)7-8-15/h5-6,9,17H,7-8H2,1-4H3,(H,18,19). The van der Waals surface area contributed by atoms with Gasteiger partial charge in [-0.05, 0) is 64.4 Å². The van der Waals surface area contributed by atoms with Gasteiger partial charge in [0.1, 0.15) is 5.60 Å². The van der Waals surface area contributed by atoms with E-state index >= 15 is 0 Å². The number of carbonyl (C=O) groups is 1. The SMILES string of the molecule is CNC1(c2cc(Cl)ccc2NC(=O)OC(C)(C)C)CC1. The van der Waals surface area contributed by atoms with Crippen LogP contribution in [0.15, 0.2) is 18.2 Å². The summed E-state index contributed by atoms with van der Waals surface area (Å²) in [5, 5.41) is 6.79. The molecule has 0 aliphatic heterocycles. The highest BCUT2D eigenvalue weighted by Gasteiger charge is 2.44. The van der Waals surface area contributed by atoms with E-state index < -0.39 is 11.7 Å². The normalized spacial score (nSPS) is 16.6. The number of rotatable bonds is 3. The number of hydrogen-bond acceptors (Lipinski definition) is 3. The van der Waals surface area contributed by atoms with Gasteiger partial charge in [-0.25, -0.2) is 4.79 Å². The highest BCUT2D eigenvalue weighted by Crippen LogP contribution is 2.48. The third-order valence-electron chi connectivity index (χ3n) is 3.36. The van der Waals surface area contributed by atoms with Gasteiger partial charge in [0.15, 0.2) is 0 Å². The van der Waals surface area contributed by atoms with Crippen LogP contribution in [0.3, 0.4) is 0 Å². The largest absolute Gasteiger partial charge is 0.444 e. The van der Waals surface area contributed by atoms with Crippen molar-refractivity contribution in [2.75, 3.05) is 12.4 Å². The predicted octanol–water partition coefficient (Wildman–Crippen LogP) is 3.90. The van der Waals surface area contributed by atoms with E-state index in [1.54, 1.807) is 6.07 Å². The highest BCUT2D eigenvalue weighted by molar-refractivity contribution is 6.30. The summed E-state index contributed by atoms with van der Waals surface area (Å²) in [5.41, 5.74) is 1.17. The lowest BCUT2D eigenvalue weighted by Gasteiger charge is -2.23. The van der Waals surface area contributed by atoms with Gasteiger partial charge in [-0.1, -0.05) is 11.6 Å². The van der Waals surface area contributed by atoms with Crippen LogP contribution in [0.1, 0.15) is 39.2 Å². The number of anilines is 1. The van der Waals surface area contributed by atoms with Gasteiger partial charge < -0.3 is 10.1 Å². The first-order valence-corrected chi connectivity index (χ1v) is 7.12. The van der Waals surface area contributed by atoms with Crippen molar-refractivity contribution >= 4 is 23.4 Å². The Morgan fingerprint density at radius 2 is 2.00 bits per heavy atom. The Balaban J connectivity index is 2.22. The van der Waals surface area contributed by atoms with Crippen molar-refractivity contribution in [3.05, 3.63) is 28.8 Å². The molecule has 110 valence electrons. The summed E-state index contributed by atoms with van der Waals surface area (Å²) in [6.07, 6.45) is 1.62. The van der Waals surface area contributed by atoms with E-state index in [0.717, 1.165) is 24.1 Å². The molecule has 20 heavy (non-hydrogen) atoms. The maximum atomic E-state index is 11.9. The molecule has 0 unspecified atom stereocenters. The first-order chi connectivity index (χ1) is 9.26. The third kappa shape index (κ3) is 3.44. The van der Waals surface area contributed by atoms with Gasteiger partial charge in [-0.3, -0.25) is 5.32 Å². The van der Waals surface area contributed by atoms with Gasteiger partial charge >= 0.3 is 6.09 Å². The Hall–Kier alpha value is -1.26. The molecule has 0 aromatic heterocycles. The van der Waals surface area contributed by atoms with Gasteiger partial charge in [0.2, 0.25) is 0 Å². The molecule has 0 atom stereocenters. The number of halogens is 1. The fraction of sp³-hybridized carbons (Fsp3) is 0.533. The van der Waals surface area contributed by atoms with E-state index in [4.69, 9.17) is 16.3 Å². The van der Waals surface area contributed by atoms with Gasteiger partial charge in [0.25, 0.3) is 0 Å². The Morgan fingerprint density at radius 3 is 2.50 bits per heavy atom. The molecule has 5 heteroatoms. The molecule has 0 heterocycles. The predicted molar refractivity (Wildman–Crippen MR) is 81.3 cm³/mol. The molecule has 1 aliphatic carbocycles. The maximum absolute atomic E-state index is 11.9. The molecule has 1 amide bonds. The Labute approximate surface area is 124 Å². The Morgan fingerprint density at radius 1 is 1.35 bits per heavy atom. The highest BCUT2D eigenvalue weighted by atomic mass is 35.5. The zero-order chi connectivity index (χ0) is 15.0. The number of amides is 1. The van der Waals surface area contributed by atoms with Gasteiger partial charge in [0.05, 0.1) is 0 Å². The quantitative estimate of drug-likeness (QED) is 0.889. The van der Waals surface area contributed by atoms with Crippen LogP contribution < -0.4 is 10.6 Å². The maximum Gasteiger partial charge on any atom is 0.412 e. The molecule has 0 saturated heterocycles. The van der Waals surface area contributed by atoms with Crippen molar-refractivity contribution in [1.82, 2.24) is 5.32 Å². The molecule has 0 spiro atoms. The molecular weight excluding hydrogens is 276 g/mol. The number of carbonyl (C=O) groups excluding carboxylic acids is 1. The van der Waals surface area contributed by atoms with Gasteiger partial charge in [-0.2, -0.15) is 0 Å². The van der Waals surface area contributed by atoms with Crippen molar-refractivity contribution in [2.45, 2.75) is 44.8 Å². The molecule has 1 aliphatic rings. The van der Waals surface area contributed by atoms with E-state index in [0.29, 0.717) is 5.02 Å². The van der Waals surface area contributed by atoms with Crippen molar-refractivity contribution in [1.29, 1.82) is 0 Å². The molecule has 2 rings (SSSR count). The fourth-order valence-electron chi connectivity index (χ4n) is 2.21. The zero-order valence-corrected chi connectivity index (χ0v) is 13.1. The molecule has 1 fully saturated rings. The first-order valence-electron chi connectivity index (χ1n) is 6.75. The summed E-state index contributed by atoms with van der Waals surface area (Å²) in [6.45, 7) is 5.52. The number of nitrogens with one attached hydrogen (secondary N) is 2. The van der Waals surface area contributed by atoms with E-state index in [2.05, 4.69) is 10.6 Å². The van der Waals surface area contributed by atoms with Crippen molar-refractivity contribution in [3.8, 4) is 0 Å². The summed E-state index contributed by atoms with van der Waals surface area (Å²) >= 11 is 6.08. The molecule has 4 nitrogen and oxygen atoms in total. The number of hydrogen-bond donors (Lipinski definition) is 2. The number of ether oxygens (including phenoxy) is 1. The van der Waals surface area contributed by atoms with Crippen molar-refractivity contribution in [3.63, 3.8) is 0 Å². The minimum Gasteiger partial charge on any atom is -0.444 e. The second-order valence-corrected chi connectivity index (χ2v) is 6.59. The molecule has 0 bridgehead atoms. The minimum absolute atomic E-state index is 0.0742. The molecule has 1 aromatic rings. The summed E-state index contributed by atoms with van der Waals surface area (Å²) in [6, 6.07) is 5.49. The second-order valence-electron chi connectivity index (χ2n) is 6.15. The van der Waals surface area contributed by atoms with E-state index in [1.165, 1.54) is 0 Å². The van der Waals surface area contributed by atoms with Crippen molar-refractivity contribution in [2.24, 2.45) is 0 Å². The molecule has 1 aromatic carbocycles. The summed E-state index contributed by atoms with van der Waals surface area (Å²) in [5.74, 6) is 0. The van der Waals surface area contributed by atoms with Crippen LogP contribution in [-0.2, 0) is 10.3 Å². The number of benzene rings is 1. The molecule has 2 N–H and O–H groups in total. The molecule has 1 saturated carbocycles. The van der Waals surface area contributed by atoms with Crippen LogP contribution in [-0.4, -0.2) is 18.7 Å². The first kappa shape index (κ1) is 15.1. The molecule has 0 radical (unpaired) electrons. The van der Waals surface area contributed by atoms with E-state index in [9.17, 15) is 4.79 Å². The van der Waals surface area contributed by atoms with E-state index in [1.807, 2.05) is 40.0 Å². The average Bonchev–Trinajstić information content (AvgIpc) is 3.10. The summed E-state index contributed by atoms with van der Waals surface area (Å²) in [4.78, 5) is 11.9. The van der Waals surface area contributed by atoms with Crippen LogP contribution in [0.4, 0.5) is 10.5 Å². The lowest BCUT2D eigenvalue weighted by Crippen LogP contribution is -2.30. The van der Waals surface area contributed by atoms with E-state index in [-0.39, 0.29) is 5.54 Å². The minimum atomic E-state index is -0.517. The van der Waals surface area contributed by atoms with Gasteiger partial charge in [-0.15, -0.1) is 0 Å². The fourth-order valence-corrected chi connectivity index (χ4v) is 2.39. The second kappa shape index (κ2) is 5.26. The smallest absolute Gasteiger partial charge is 0.412 e. The topological polar surface area (TPSA) is 50.4 Å². The molecular formula is C15H21ClN2O2. The zero-order valence-electron chi connectivity index (χ0n) is 12.3.